The molecule has 0 aliphatic carbocycles. The molecule has 1 atom stereocenters. The number of nitrogens with zero attached hydrogens (tertiary/aromatic N) is 1. The number of benzene rings is 1. The molecule has 0 N–H and O–H groups in total. The van der Waals surface area contributed by atoms with Crippen molar-refractivity contribution in [2.75, 3.05) is 0 Å². The summed E-state index contributed by atoms with van der Waals surface area (Å²) in [5.74, 6) is -1.49. The third-order valence-corrected chi connectivity index (χ3v) is 2.79. The monoisotopic (exact) mass is 241 g/mol. The molecule has 1 rings (SSSR count). The van der Waals surface area contributed by atoms with Gasteiger partial charge < -0.3 is 4.43 Å². The average Bonchev–Trinajstić information content (AvgIpc) is 2.14. The maximum absolute atomic E-state index is 13.4. The fraction of sp³-hybridized carbons (Fsp3) is 0.364. The largest absolute Gasteiger partial charge is 0.399 e. The second-order valence-electron chi connectivity index (χ2n) is 4.37. The smallest absolute Gasteiger partial charge is 0.186 e. The van der Waals surface area contributed by atoms with Crippen LogP contribution >= 0.6 is 0 Å². The normalized spacial score (nSPS) is 13.2. The highest BCUT2D eigenvalue weighted by Gasteiger charge is 2.26. The number of hydrogen-bond acceptors (Lipinski definition) is 2. The van der Waals surface area contributed by atoms with E-state index < -0.39 is 26.1 Å². The van der Waals surface area contributed by atoms with Gasteiger partial charge in [0, 0.05) is 0 Å². The SMILES string of the molecule is C[Si](C)(C)OC(C#N)c1c(F)cccc1F. The minimum absolute atomic E-state index is 0.299. The first kappa shape index (κ1) is 12.8. The molecule has 5 heteroatoms. The van der Waals surface area contributed by atoms with Gasteiger partial charge in [-0.25, -0.2) is 8.78 Å². The zero-order valence-corrected chi connectivity index (χ0v) is 10.4. The zero-order chi connectivity index (χ0) is 12.3. The molecule has 1 aromatic carbocycles. The van der Waals surface area contributed by atoms with E-state index in [1.807, 2.05) is 19.6 Å². The summed E-state index contributed by atoms with van der Waals surface area (Å²) in [6.07, 6.45) is -1.17. The molecule has 0 aromatic heterocycles. The van der Waals surface area contributed by atoms with E-state index in [2.05, 4.69) is 0 Å². The summed E-state index contributed by atoms with van der Waals surface area (Å²) in [4.78, 5) is 0. The molecule has 0 saturated carbocycles. The molecular formula is C11H13F2NOSi. The van der Waals surface area contributed by atoms with Crippen LogP contribution in [0.5, 0.6) is 0 Å². The molecule has 0 saturated heterocycles. The molecule has 1 aromatic rings. The number of nitriles is 1. The predicted octanol–water partition coefficient (Wildman–Crippen LogP) is 3.38. The Hall–Kier alpha value is -1.25. The Morgan fingerprint density at radius 2 is 1.75 bits per heavy atom. The lowest BCUT2D eigenvalue weighted by Crippen LogP contribution is -2.28. The van der Waals surface area contributed by atoms with Crippen LogP contribution in [0.1, 0.15) is 11.7 Å². The second-order valence-corrected chi connectivity index (χ2v) is 8.84. The Balaban J connectivity index is 3.11. The van der Waals surface area contributed by atoms with Gasteiger partial charge in [0.15, 0.2) is 14.4 Å². The number of halogens is 2. The van der Waals surface area contributed by atoms with Crippen molar-refractivity contribution < 1.29 is 13.2 Å². The Labute approximate surface area is 94.6 Å². The average molecular weight is 241 g/mol. The first-order valence-electron chi connectivity index (χ1n) is 4.86. The molecule has 86 valence electrons. The Morgan fingerprint density at radius 3 is 2.12 bits per heavy atom. The minimum Gasteiger partial charge on any atom is -0.399 e. The summed E-state index contributed by atoms with van der Waals surface area (Å²) in [7, 11) is -2.03. The van der Waals surface area contributed by atoms with Gasteiger partial charge in [0.1, 0.15) is 11.6 Å². The van der Waals surface area contributed by atoms with Crippen molar-refractivity contribution in [3.63, 3.8) is 0 Å². The standard InChI is InChI=1S/C11H13F2NOSi/c1-16(2,3)15-10(7-14)11-8(12)5-4-6-9(11)13/h4-6,10H,1-3H3. The summed E-state index contributed by atoms with van der Waals surface area (Å²) < 4.78 is 32.2. The van der Waals surface area contributed by atoms with Crippen molar-refractivity contribution in [3.05, 3.63) is 35.4 Å². The summed E-state index contributed by atoms with van der Waals surface area (Å²) in [5, 5.41) is 8.91. The Kier molecular flexibility index (Phi) is 3.78. The molecule has 0 aliphatic rings. The van der Waals surface area contributed by atoms with Gasteiger partial charge in [-0.15, -0.1) is 0 Å². The summed E-state index contributed by atoms with van der Waals surface area (Å²) in [6, 6.07) is 5.29. The van der Waals surface area contributed by atoms with Crippen molar-refractivity contribution in [2.24, 2.45) is 0 Å². The lowest BCUT2D eigenvalue weighted by Gasteiger charge is -2.22. The molecule has 2 nitrogen and oxygen atoms in total. The van der Waals surface area contributed by atoms with E-state index in [4.69, 9.17) is 9.69 Å². The van der Waals surface area contributed by atoms with Crippen molar-refractivity contribution in [3.8, 4) is 6.07 Å². The molecule has 1 unspecified atom stereocenters. The van der Waals surface area contributed by atoms with Gasteiger partial charge in [-0.2, -0.15) is 5.26 Å². The molecule has 0 amide bonds. The van der Waals surface area contributed by atoms with Gasteiger partial charge in [0.05, 0.1) is 11.6 Å². The maximum atomic E-state index is 13.4. The van der Waals surface area contributed by atoms with Crippen molar-refractivity contribution in [1.29, 1.82) is 5.26 Å². The minimum atomic E-state index is -2.03. The van der Waals surface area contributed by atoms with E-state index in [1.165, 1.54) is 6.07 Å². The second kappa shape index (κ2) is 4.72. The molecule has 0 spiro atoms. The van der Waals surface area contributed by atoms with Gasteiger partial charge in [-0.1, -0.05) is 6.07 Å². The van der Waals surface area contributed by atoms with E-state index in [0.29, 0.717) is 0 Å². The highest BCUT2D eigenvalue weighted by molar-refractivity contribution is 6.69. The van der Waals surface area contributed by atoms with E-state index >= 15 is 0 Å². The highest BCUT2D eigenvalue weighted by atomic mass is 28.4. The van der Waals surface area contributed by atoms with Gasteiger partial charge >= 0.3 is 0 Å². The lowest BCUT2D eigenvalue weighted by atomic mass is 10.1. The topological polar surface area (TPSA) is 33.0 Å². The highest BCUT2D eigenvalue weighted by Crippen LogP contribution is 2.26. The molecule has 0 heterocycles. The van der Waals surface area contributed by atoms with Crippen LogP contribution < -0.4 is 0 Å². The molecule has 0 bridgehead atoms. The molecular weight excluding hydrogens is 228 g/mol. The van der Waals surface area contributed by atoms with Crippen LogP contribution in [0, 0.1) is 23.0 Å². The van der Waals surface area contributed by atoms with Crippen LogP contribution in [0.4, 0.5) is 8.78 Å². The van der Waals surface area contributed by atoms with Gasteiger partial charge in [-0.05, 0) is 31.8 Å². The van der Waals surface area contributed by atoms with Crippen LogP contribution in [0.2, 0.25) is 19.6 Å². The quantitative estimate of drug-likeness (QED) is 0.760. The molecule has 0 aliphatic heterocycles. The third kappa shape index (κ3) is 3.12. The summed E-state index contributed by atoms with van der Waals surface area (Å²) in [6.45, 7) is 5.57. The van der Waals surface area contributed by atoms with Gasteiger partial charge in [-0.3, -0.25) is 0 Å². The Bertz CT molecular complexity index is 403. The van der Waals surface area contributed by atoms with E-state index in [-0.39, 0.29) is 5.56 Å². The van der Waals surface area contributed by atoms with E-state index in [9.17, 15) is 8.78 Å². The van der Waals surface area contributed by atoms with Crippen LogP contribution in [0.25, 0.3) is 0 Å². The Morgan fingerprint density at radius 1 is 1.25 bits per heavy atom. The first-order valence-corrected chi connectivity index (χ1v) is 8.27. The summed E-state index contributed by atoms with van der Waals surface area (Å²) in [5.41, 5.74) is -0.299. The van der Waals surface area contributed by atoms with Gasteiger partial charge in [0.25, 0.3) is 0 Å². The number of hydrogen-bond donors (Lipinski definition) is 0. The van der Waals surface area contributed by atoms with Crippen molar-refractivity contribution >= 4 is 8.32 Å². The fourth-order valence-corrected chi connectivity index (χ4v) is 2.14. The number of rotatable bonds is 3. The molecule has 0 fully saturated rings. The lowest BCUT2D eigenvalue weighted by molar-refractivity contribution is 0.243. The van der Waals surface area contributed by atoms with Crippen LogP contribution in [0.15, 0.2) is 18.2 Å². The van der Waals surface area contributed by atoms with Crippen LogP contribution in [-0.2, 0) is 4.43 Å². The van der Waals surface area contributed by atoms with Crippen molar-refractivity contribution in [1.82, 2.24) is 0 Å². The molecule has 16 heavy (non-hydrogen) atoms. The summed E-state index contributed by atoms with van der Waals surface area (Å²) >= 11 is 0. The van der Waals surface area contributed by atoms with E-state index in [0.717, 1.165) is 12.1 Å². The van der Waals surface area contributed by atoms with E-state index in [1.54, 1.807) is 6.07 Å². The van der Waals surface area contributed by atoms with Crippen molar-refractivity contribution in [2.45, 2.75) is 25.7 Å². The maximum Gasteiger partial charge on any atom is 0.186 e. The van der Waals surface area contributed by atoms with Gasteiger partial charge in [0.2, 0.25) is 0 Å². The van der Waals surface area contributed by atoms with Crippen LogP contribution in [-0.4, -0.2) is 8.32 Å². The fourth-order valence-electron chi connectivity index (χ4n) is 1.26. The zero-order valence-electron chi connectivity index (χ0n) is 9.42. The molecule has 0 radical (unpaired) electrons. The van der Waals surface area contributed by atoms with Crippen LogP contribution in [0.3, 0.4) is 0 Å². The first-order chi connectivity index (χ1) is 7.35. The third-order valence-electron chi connectivity index (χ3n) is 1.85. The predicted molar refractivity (Wildman–Crippen MR) is 59.1 cm³/mol.